The van der Waals surface area contributed by atoms with Crippen LogP contribution in [-0.2, 0) is 0 Å². The van der Waals surface area contributed by atoms with E-state index in [-0.39, 0.29) is 11.7 Å². The number of alkyl halides is 3. The van der Waals surface area contributed by atoms with Crippen molar-refractivity contribution in [1.82, 2.24) is 10.3 Å². The lowest BCUT2D eigenvalue weighted by Crippen LogP contribution is -2.27. The maximum absolute atomic E-state index is 12.5. The number of amides is 1. The Morgan fingerprint density at radius 2 is 1.81 bits per heavy atom. The lowest BCUT2D eigenvalue weighted by atomic mass is 10.1. The summed E-state index contributed by atoms with van der Waals surface area (Å²) in [4.78, 5) is 15.6. The van der Waals surface area contributed by atoms with Crippen LogP contribution in [0.3, 0.4) is 0 Å². The van der Waals surface area contributed by atoms with Crippen molar-refractivity contribution < 1.29 is 22.7 Å². The molecule has 1 unspecified atom stereocenters. The van der Waals surface area contributed by atoms with Gasteiger partial charge in [-0.2, -0.15) is 0 Å². The molecule has 1 heterocycles. The number of aromatic nitrogens is 1. The number of benzene rings is 2. The highest BCUT2D eigenvalue weighted by molar-refractivity contribution is 9.10. The molecule has 1 amide bonds. The highest BCUT2D eigenvalue weighted by Gasteiger charge is 2.31. The van der Waals surface area contributed by atoms with Gasteiger partial charge in [0.25, 0.3) is 5.91 Å². The molecule has 1 aromatic heterocycles. The van der Waals surface area contributed by atoms with E-state index in [1.54, 1.807) is 6.92 Å². The molecule has 136 valence electrons. The summed E-state index contributed by atoms with van der Waals surface area (Å²) in [6, 6.07) is 12.5. The van der Waals surface area contributed by atoms with Gasteiger partial charge in [-0.15, -0.1) is 13.2 Å². The number of hydrogen-bond acceptors (Lipinski definition) is 2. The van der Waals surface area contributed by atoms with E-state index in [9.17, 15) is 18.0 Å². The van der Waals surface area contributed by atoms with Gasteiger partial charge in [-0.05, 0) is 46.6 Å². The van der Waals surface area contributed by atoms with Gasteiger partial charge in [-0.3, -0.25) is 4.79 Å². The summed E-state index contributed by atoms with van der Waals surface area (Å²) >= 11 is 3.42. The van der Waals surface area contributed by atoms with Crippen LogP contribution in [0.25, 0.3) is 10.9 Å². The van der Waals surface area contributed by atoms with Gasteiger partial charge in [0.05, 0.1) is 10.5 Å². The number of hydrogen-bond donors (Lipinski definition) is 2. The minimum atomic E-state index is -4.73. The van der Waals surface area contributed by atoms with Crippen molar-refractivity contribution in [3.8, 4) is 5.75 Å². The Labute approximate surface area is 155 Å². The summed E-state index contributed by atoms with van der Waals surface area (Å²) in [5, 5.41) is 3.71. The lowest BCUT2D eigenvalue weighted by Gasteiger charge is -2.15. The number of fused-ring (bicyclic) bond motifs is 1. The first-order valence-electron chi connectivity index (χ1n) is 7.67. The third-order valence-electron chi connectivity index (χ3n) is 3.83. The fraction of sp³-hybridized carbons (Fsp3) is 0.167. The predicted octanol–water partition coefficient (Wildman–Crippen LogP) is 5.32. The second kappa shape index (κ2) is 7.03. The minimum Gasteiger partial charge on any atom is -0.406 e. The van der Waals surface area contributed by atoms with Crippen LogP contribution in [-0.4, -0.2) is 17.3 Å². The Balaban J connectivity index is 1.73. The van der Waals surface area contributed by atoms with Crippen LogP contribution in [0.1, 0.15) is 29.0 Å². The summed E-state index contributed by atoms with van der Waals surface area (Å²) in [5.74, 6) is -0.630. The van der Waals surface area contributed by atoms with E-state index in [1.165, 1.54) is 24.3 Å². The normalized spacial score (nSPS) is 12.8. The van der Waals surface area contributed by atoms with Crippen molar-refractivity contribution in [1.29, 1.82) is 0 Å². The molecule has 0 aliphatic carbocycles. The third-order valence-corrected chi connectivity index (χ3v) is 4.65. The zero-order chi connectivity index (χ0) is 18.9. The van der Waals surface area contributed by atoms with Gasteiger partial charge in [0, 0.05) is 10.9 Å². The standard InChI is InChI=1S/C18H14BrF3N2O2/c1-10(11-6-8-12(9-7-11)26-18(20,21)22)23-17(25)16-15(19)13-4-2-3-5-14(13)24-16/h2-10,24H,1H3,(H,23,25). The Hall–Kier alpha value is -2.48. The van der Waals surface area contributed by atoms with Crippen LogP contribution in [0.15, 0.2) is 53.0 Å². The number of carbonyl (C=O) groups is 1. The molecule has 0 radical (unpaired) electrons. The van der Waals surface area contributed by atoms with Crippen molar-refractivity contribution in [2.45, 2.75) is 19.3 Å². The Morgan fingerprint density at radius 1 is 1.15 bits per heavy atom. The number of ether oxygens (including phenoxy) is 1. The molecule has 4 nitrogen and oxygen atoms in total. The van der Waals surface area contributed by atoms with E-state index in [2.05, 4.69) is 31.0 Å². The fourth-order valence-corrected chi connectivity index (χ4v) is 3.20. The van der Waals surface area contributed by atoms with E-state index in [0.29, 0.717) is 15.7 Å². The van der Waals surface area contributed by atoms with E-state index in [0.717, 1.165) is 10.9 Å². The van der Waals surface area contributed by atoms with Crippen molar-refractivity contribution >= 4 is 32.7 Å². The summed E-state index contributed by atoms with van der Waals surface area (Å²) in [7, 11) is 0. The van der Waals surface area contributed by atoms with Gasteiger partial charge < -0.3 is 15.0 Å². The molecule has 8 heteroatoms. The number of nitrogens with one attached hydrogen (secondary N) is 2. The number of H-pyrrole nitrogens is 1. The molecule has 0 spiro atoms. The second-order valence-electron chi connectivity index (χ2n) is 5.67. The molecule has 26 heavy (non-hydrogen) atoms. The van der Waals surface area contributed by atoms with E-state index >= 15 is 0 Å². The Bertz CT molecular complexity index is 936. The van der Waals surface area contributed by atoms with Crippen LogP contribution in [0.4, 0.5) is 13.2 Å². The molecular formula is C18H14BrF3N2O2. The fourth-order valence-electron chi connectivity index (χ4n) is 2.57. The molecule has 0 aliphatic rings. The molecule has 3 aromatic rings. The highest BCUT2D eigenvalue weighted by atomic mass is 79.9. The largest absolute Gasteiger partial charge is 0.573 e. The molecule has 2 N–H and O–H groups in total. The number of aromatic amines is 1. The van der Waals surface area contributed by atoms with Crippen LogP contribution in [0, 0.1) is 0 Å². The molecule has 1 atom stereocenters. The molecule has 0 aliphatic heterocycles. The van der Waals surface area contributed by atoms with Crippen LogP contribution < -0.4 is 10.1 Å². The number of carbonyl (C=O) groups excluding carboxylic acids is 1. The average molecular weight is 427 g/mol. The molecule has 0 fully saturated rings. The molecular weight excluding hydrogens is 413 g/mol. The van der Waals surface area contributed by atoms with Crippen LogP contribution >= 0.6 is 15.9 Å². The second-order valence-corrected chi connectivity index (χ2v) is 6.46. The van der Waals surface area contributed by atoms with Gasteiger partial charge >= 0.3 is 6.36 Å². The third kappa shape index (κ3) is 4.01. The molecule has 0 saturated carbocycles. The smallest absolute Gasteiger partial charge is 0.406 e. The van der Waals surface area contributed by atoms with E-state index in [4.69, 9.17) is 0 Å². The Morgan fingerprint density at radius 3 is 2.42 bits per heavy atom. The molecule has 0 saturated heterocycles. The summed E-state index contributed by atoms with van der Waals surface area (Å²) in [6.45, 7) is 1.74. The SMILES string of the molecule is CC(NC(=O)c1[nH]c2ccccc2c1Br)c1ccc(OC(F)(F)F)cc1. The van der Waals surface area contributed by atoms with Crippen molar-refractivity contribution in [2.75, 3.05) is 0 Å². The maximum Gasteiger partial charge on any atom is 0.573 e. The first-order valence-corrected chi connectivity index (χ1v) is 8.46. The topological polar surface area (TPSA) is 54.1 Å². The van der Waals surface area contributed by atoms with Crippen LogP contribution in [0.2, 0.25) is 0 Å². The van der Waals surface area contributed by atoms with Crippen molar-refractivity contribution in [2.24, 2.45) is 0 Å². The van der Waals surface area contributed by atoms with Gasteiger partial charge in [0.15, 0.2) is 0 Å². The molecule has 0 bridgehead atoms. The van der Waals surface area contributed by atoms with Gasteiger partial charge in [0.1, 0.15) is 11.4 Å². The monoisotopic (exact) mass is 426 g/mol. The number of halogens is 4. The van der Waals surface area contributed by atoms with Crippen molar-refractivity contribution in [3.05, 3.63) is 64.3 Å². The number of rotatable bonds is 4. The van der Waals surface area contributed by atoms with E-state index < -0.39 is 12.4 Å². The Kier molecular flexibility index (Phi) is 4.95. The predicted molar refractivity (Wildman–Crippen MR) is 95.0 cm³/mol. The van der Waals surface area contributed by atoms with Gasteiger partial charge in [-0.1, -0.05) is 30.3 Å². The quantitative estimate of drug-likeness (QED) is 0.592. The molecule has 3 rings (SSSR count). The van der Waals surface area contributed by atoms with Crippen molar-refractivity contribution in [3.63, 3.8) is 0 Å². The molecule has 2 aromatic carbocycles. The lowest BCUT2D eigenvalue weighted by molar-refractivity contribution is -0.274. The summed E-state index contributed by atoms with van der Waals surface area (Å²) in [6.07, 6.45) is -4.73. The van der Waals surface area contributed by atoms with E-state index in [1.807, 2.05) is 24.3 Å². The average Bonchev–Trinajstić information content (AvgIpc) is 2.91. The summed E-state index contributed by atoms with van der Waals surface area (Å²) in [5.41, 5.74) is 1.86. The number of para-hydroxylation sites is 1. The zero-order valence-corrected chi connectivity index (χ0v) is 15.1. The maximum atomic E-state index is 12.5. The highest BCUT2D eigenvalue weighted by Crippen LogP contribution is 2.28. The zero-order valence-electron chi connectivity index (χ0n) is 13.5. The van der Waals surface area contributed by atoms with Gasteiger partial charge in [0.2, 0.25) is 0 Å². The van der Waals surface area contributed by atoms with Crippen LogP contribution in [0.5, 0.6) is 5.75 Å². The summed E-state index contributed by atoms with van der Waals surface area (Å²) < 4.78 is 41.1. The first-order chi connectivity index (χ1) is 12.2. The minimum absolute atomic E-state index is 0.307. The first kappa shape index (κ1) is 18.3. The van der Waals surface area contributed by atoms with Gasteiger partial charge in [-0.25, -0.2) is 0 Å².